The Bertz CT molecular complexity index is 681. The lowest BCUT2D eigenvalue weighted by Gasteiger charge is -1.96. The third-order valence-electron chi connectivity index (χ3n) is 2.16. The highest BCUT2D eigenvalue weighted by Crippen LogP contribution is 2.08. The molecule has 16 heavy (non-hydrogen) atoms. The quantitative estimate of drug-likeness (QED) is 0.671. The van der Waals surface area contributed by atoms with Crippen molar-refractivity contribution < 1.29 is 0 Å². The molecule has 0 aliphatic heterocycles. The first-order valence-corrected chi connectivity index (χ1v) is 4.78. The summed E-state index contributed by atoms with van der Waals surface area (Å²) in [7, 11) is 0. The highest BCUT2D eigenvalue weighted by molar-refractivity contribution is 5.79. The predicted octanol–water partition coefficient (Wildman–Crippen LogP) is 1.79. The molecule has 0 saturated carbocycles. The average molecular weight is 208 g/mol. The third kappa shape index (κ3) is 1.94. The molecule has 1 aromatic heterocycles. The SMILES string of the molecule is N#CCC#Cc1ccc2c(=O)cc[nH]c2c1. The van der Waals surface area contributed by atoms with E-state index >= 15 is 0 Å². The standard InChI is InChI=1S/C13H8N2O/c14-7-2-1-3-10-4-5-11-12(9-10)15-8-6-13(11)16/h4-6,8-9H,2H2,(H,15,16). The maximum absolute atomic E-state index is 11.5. The van der Waals surface area contributed by atoms with E-state index in [0.717, 1.165) is 11.1 Å². The normalized spacial score (nSPS) is 9.19. The number of nitrogens with zero attached hydrogens (tertiary/aromatic N) is 1. The molecule has 0 spiro atoms. The second-order valence-corrected chi connectivity index (χ2v) is 3.24. The Morgan fingerprint density at radius 2 is 2.19 bits per heavy atom. The smallest absolute Gasteiger partial charge is 0.189 e. The minimum atomic E-state index is -0.00900. The number of hydrogen-bond donors (Lipinski definition) is 1. The van der Waals surface area contributed by atoms with Gasteiger partial charge in [-0.3, -0.25) is 4.79 Å². The first kappa shape index (κ1) is 10.0. The van der Waals surface area contributed by atoms with Gasteiger partial charge in [-0.25, -0.2) is 0 Å². The molecule has 76 valence electrons. The molecule has 3 heteroatoms. The summed E-state index contributed by atoms with van der Waals surface area (Å²) < 4.78 is 0. The van der Waals surface area contributed by atoms with E-state index in [4.69, 9.17) is 5.26 Å². The van der Waals surface area contributed by atoms with Crippen molar-refractivity contribution in [3.8, 4) is 17.9 Å². The van der Waals surface area contributed by atoms with E-state index in [9.17, 15) is 4.79 Å². The molecule has 0 aliphatic rings. The van der Waals surface area contributed by atoms with Crippen LogP contribution < -0.4 is 5.43 Å². The molecule has 0 saturated heterocycles. The summed E-state index contributed by atoms with van der Waals surface area (Å²) in [5.41, 5.74) is 1.55. The van der Waals surface area contributed by atoms with Crippen LogP contribution in [0.3, 0.4) is 0 Å². The van der Waals surface area contributed by atoms with Gasteiger partial charge < -0.3 is 4.98 Å². The number of aromatic nitrogens is 1. The van der Waals surface area contributed by atoms with Gasteiger partial charge in [-0.15, -0.1) is 0 Å². The zero-order chi connectivity index (χ0) is 11.4. The summed E-state index contributed by atoms with van der Waals surface area (Å²) >= 11 is 0. The van der Waals surface area contributed by atoms with Gasteiger partial charge in [0.25, 0.3) is 0 Å². The van der Waals surface area contributed by atoms with Crippen LogP contribution in [0.25, 0.3) is 10.9 Å². The number of nitrogens with one attached hydrogen (secondary N) is 1. The van der Waals surface area contributed by atoms with Crippen LogP contribution in [0.4, 0.5) is 0 Å². The van der Waals surface area contributed by atoms with Crippen molar-refractivity contribution in [3.05, 3.63) is 46.2 Å². The summed E-state index contributed by atoms with van der Waals surface area (Å²) in [6.07, 6.45) is 1.82. The van der Waals surface area contributed by atoms with Crippen LogP contribution in [-0.2, 0) is 0 Å². The Labute approximate surface area is 92.3 Å². The van der Waals surface area contributed by atoms with Crippen molar-refractivity contribution in [3.63, 3.8) is 0 Å². The summed E-state index contributed by atoms with van der Waals surface area (Å²) in [6.45, 7) is 0. The number of H-pyrrole nitrogens is 1. The van der Waals surface area contributed by atoms with Crippen LogP contribution in [0.15, 0.2) is 35.3 Å². The lowest BCUT2D eigenvalue weighted by atomic mass is 10.1. The molecule has 3 nitrogen and oxygen atoms in total. The van der Waals surface area contributed by atoms with Gasteiger partial charge in [0.2, 0.25) is 0 Å². The molecule has 0 amide bonds. The Balaban J connectivity index is 2.51. The minimum Gasteiger partial charge on any atom is -0.361 e. The fraction of sp³-hybridized carbons (Fsp3) is 0.0769. The monoisotopic (exact) mass is 208 g/mol. The van der Waals surface area contributed by atoms with Gasteiger partial charge in [-0.1, -0.05) is 11.8 Å². The number of rotatable bonds is 0. The number of benzene rings is 1. The first-order valence-electron chi connectivity index (χ1n) is 4.78. The molecule has 0 unspecified atom stereocenters. The summed E-state index contributed by atoms with van der Waals surface area (Å²) in [4.78, 5) is 14.4. The van der Waals surface area contributed by atoms with E-state index in [2.05, 4.69) is 16.8 Å². The van der Waals surface area contributed by atoms with Crippen molar-refractivity contribution in [2.45, 2.75) is 6.42 Å². The Morgan fingerprint density at radius 1 is 1.31 bits per heavy atom. The van der Waals surface area contributed by atoms with Crippen LogP contribution in [0.2, 0.25) is 0 Å². The zero-order valence-electron chi connectivity index (χ0n) is 8.45. The van der Waals surface area contributed by atoms with Crippen LogP contribution in [0.5, 0.6) is 0 Å². The van der Waals surface area contributed by atoms with Crippen LogP contribution in [-0.4, -0.2) is 4.98 Å². The van der Waals surface area contributed by atoms with Gasteiger partial charge in [0.1, 0.15) is 0 Å². The van der Waals surface area contributed by atoms with Crippen LogP contribution in [0, 0.1) is 23.2 Å². The summed E-state index contributed by atoms with van der Waals surface area (Å²) in [5, 5.41) is 9.00. The molecule has 2 aromatic rings. The Morgan fingerprint density at radius 3 is 3.00 bits per heavy atom. The van der Waals surface area contributed by atoms with Gasteiger partial charge in [0.15, 0.2) is 5.43 Å². The molecule has 0 aliphatic carbocycles. The third-order valence-corrected chi connectivity index (χ3v) is 2.16. The number of pyridine rings is 1. The maximum atomic E-state index is 11.5. The minimum absolute atomic E-state index is 0.00900. The second kappa shape index (κ2) is 4.33. The molecular weight excluding hydrogens is 200 g/mol. The molecule has 1 N–H and O–H groups in total. The van der Waals surface area contributed by atoms with Crippen LogP contribution >= 0.6 is 0 Å². The number of fused-ring (bicyclic) bond motifs is 1. The number of nitriles is 1. The molecule has 0 fully saturated rings. The van der Waals surface area contributed by atoms with E-state index < -0.39 is 0 Å². The Hall–Kier alpha value is -2.52. The lowest BCUT2D eigenvalue weighted by Crippen LogP contribution is -1.99. The molecule has 0 atom stereocenters. The van der Waals surface area contributed by atoms with E-state index in [1.165, 1.54) is 6.07 Å². The van der Waals surface area contributed by atoms with Gasteiger partial charge in [0.05, 0.1) is 18.0 Å². The number of aromatic amines is 1. The van der Waals surface area contributed by atoms with E-state index in [1.807, 2.05) is 6.07 Å². The second-order valence-electron chi connectivity index (χ2n) is 3.24. The highest BCUT2D eigenvalue weighted by Gasteiger charge is 1.97. The average Bonchev–Trinajstić information content (AvgIpc) is 2.30. The molecular formula is C13H8N2O. The molecule has 2 rings (SSSR count). The summed E-state index contributed by atoms with van der Waals surface area (Å²) in [6, 6.07) is 8.77. The molecule has 1 aromatic carbocycles. The van der Waals surface area contributed by atoms with Crippen LogP contribution in [0.1, 0.15) is 12.0 Å². The maximum Gasteiger partial charge on any atom is 0.189 e. The highest BCUT2D eigenvalue weighted by atomic mass is 16.1. The van der Waals surface area contributed by atoms with E-state index in [-0.39, 0.29) is 11.8 Å². The van der Waals surface area contributed by atoms with Gasteiger partial charge in [-0.05, 0) is 18.2 Å². The van der Waals surface area contributed by atoms with Crippen molar-refractivity contribution in [1.29, 1.82) is 5.26 Å². The van der Waals surface area contributed by atoms with Gasteiger partial charge in [0, 0.05) is 23.2 Å². The molecule has 0 radical (unpaired) electrons. The zero-order valence-corrected chi connectivity index (χ0v) is 8.45. The first-order chi connectivity index (χ1) is 7.81. The largest absolute Gasteiger partial charge is 0.361 e. The van der Waals surface area contributed by atoms with Gasteiger partial charge >= 0.3 is 0 Å². The van der Waals surface area contributed by atoms with Crippen molar-refractivity contribution in [2.75, 3.05) is 0 Å². The van der Waals surface area contributed by atoms with E-state index in [0.29, 0.717) is 5.39 Å². The fourth-order valence-corrected chi connectivity index (χ4v) is 1.44. The summed E-state index contributed by atoms with van der Waals surface area (Å²) in [5.74, 6) is 5.59. The fourth-order valence-electron chi connectivity index (χ4n) is 1.44. The van der Waals surface area contributed by atoms with Crippen molar-refractivity contribution in [1.82, 2.24) is 4.98 Å². The van der Waals surface area contributed by atoms with Crippen molar-refractivity contribution >= 4 is 10.9 Å². The Kier molecular flexibility index (Phi) is 2.71. The topological polar surface area (TPSA) is 56.6 Å². The molecule has 0 bridgehead atoms. The van der Waals surface area contributed by atoms with Crippen molar-refractivity contribution in [2.24, 2.45) is 0 Å². The molecule has 1 heterocycles. The van der Waals surface area contributed by atoms with E-state index in [1.54, 1.807) is 24.4 Å². The lowest BCUT2D eigenvalue weighted by molar-refractivity contribution is 1.38. The predicted molar refractivity (Wildman–Crippen MR) is 61.7 cm³/mol. The number of hydrogen-bond acceptors (Lipinski definition) is 2. The van der Waals surface area contributed by atoms with Gasteiger partial charge in [-0.2, -0.15) is 5.26 Å².